The molecule has 1 aromatic heterocycles. The van der Waals surface area contributed by atoms with Crippen LogP contribution in [-0.2, 0) is 18.6 Å². The molecule has 0 atom stereocenters. The standard InChI is InChI=1S/C15H15FN2OS/c16-11-5-3-4-10(8-11)9-20-14-12-6-1-2-7-13(12)17-15(19)18-14/h3-5,8H,1-2,6-7,9H2,(H,17,18,19). The molecule has 0 bridgehead atoms. The van der Waals surface area contributed by atoms with Gasteiger partial charge in [-0.25, -0.2) is 9.18 Å². The van der Waals surface area contributed by atoms with E-state index in [0.717, 1.165) is 47.5 Å². The smallest absolute Gasteiger partial charge is 0.309 e. The van der Waals surface area contributed by atoms with E-state index >= 15 is 0 Å². The second-order valence-corrected chi connectivity index (χ2v) is 5.89. The Morgan fingerprint density at radius 2 is 2.15 bits per heavy atom. The first-order chi connectivity index (χ1) is 9.72. The minimum absolute atomic E-state index is 0.232. The maximum atomic E-state index is 13.2. The van der Waals surface area contributed by atoms with Crippen molar-refractivity contribution in [3.8, 4) is 0 Å². The van der Waals surface area contributed by atoms with E-state index in [-0.39, 0.29) is 11.5 Å². The van der Waals surface area contributed by atoms with Gasteiger partial charge < -0.3 is 4.98 Å². The molecule has 3 rings (SSSR count). The summed E-state index contributed by atoms with van der Waals surface area (Å²) in [5.74, 6) is 0.393. The zero-order valence-electron chi connectivity index (χ0n) is 11.0. The number of rotatable bonds is 3. The van der Waals surface area contributed by atoms with Gasteiger partial charge >= 0.3 is 5.69 Å². The predicted molar refractivity (Wildman–Crippen MR) is 77.5 cm³/mol. The fourth-order valence-electron chi connectivity index (χ4n) is 2.49. The molecule has 5 heteroatoms. The lowest BCUT2D eigenvalue weighted by Gasteiger charge is -2.17. The molecule has 104 valence electrons. The molecule has 0 aliphatic heterocycles. The number of halogens is 1. The van der Waals surface area contributed by atoms with Crippen LogP contribution >= 0.6 is 11.8 Å². The number of benzene rings is 1. The van der Waals surface area contributed by atoms with Crippen LogP contribution in [0.3, 0.4) is 0 Å². The topological polar surface area (TPSA) is 45.8 Å². The maximum Gasteiger partial charge on any atom is 0.346 e. The molecule has 1 heterocycles. The summed E-state index contributed by atoms with van der Waals surface area (Å²) in [6, 6.07) is 6.54. The highest BCUT2D eigenvalue weighted by molar-refractivity contribution is 7.98. The quantitative estimate of drug-likeness (QED) is 0.698. The molecule has 0 unspecified atom stereocenters. The van der Waals surface area contributed by atoms with Gasteiger partial charge in [-0.3, -0.25) is 0 Å². The largest absolute Gasteiger partial charge is 0.346 e. The molecule has 0 saturated carbocycles. The van der Waals surface area contributed by atoms with Crippen molar-refractivity contribution >= 4 is 11.8 Å². The van der Waals surface area contributed by atoms with Gasteiger partial charge in [0.1, 0.15) is 10.8 Å². The fraction of sp³-hybridized carbons (Fsp3) is 0.333. The van der Waals surface area contributed by atoms with Crippen LogP contribution in [0.25, 0.3) is 0 Å². The third-order valence-corrected chi connectivity index (χ3v) is 4.54. The fourth-order valence-corrected chi connectivity index (χ4v) is 3.52. The van der Waals surface area contributed by atoms with Crippen LogP contribution in [0.5, 0.6) is 0 Å². The number of thioether (sulfide) groups is 1. The van der Waals surface area contributed by atoms with Crippen LogP contribution in [0.4, 0.5) is 4.39 Å². The van der Waals surface area contributed by atoms with Crippen molar-refractivity contribution in [2.75, 3.05) is 0 Å². The molecule has 1 aromatic carbocycles. The lowest BCUT2D eigenvalue weighted by Crippen LogP contribution is -2.19. The van der Waals surface area contributed by atoms with Crippen molar-refractivity contribution in [3.05, 3.63) is 57.4 Å². The summed E-state index contributed by atoms with van der Waals surface area (Å²) >= 11 is 1.51. The van der Waals surface area contributed by atoms with Gasteiger partial charge in [0.2, 0.25) is 0 Å². The molecule has 2 aromatic rings. The molecule has 0 amide bonds. The van der Waals surface area contributed by atoms with Crippen LogP contribution < -0.4 is 5.69 Å². The highest BCUT2D eigenvalue weighted by Crippen LogP contribution is 2.29. The lowest BCUT2D eigenvalue weighted by atomic mass is 9.98. The second-order valence-electron chi connectivity index (χ2n) is 4.93. The first kappa shape index (κ1) is 13.4. The molecule has 0 radical (unpaired) electrons. The molecular formula is C15H15FN2OS. The number of H-pyrrole nitrogens is 1. The Morgan fingerprint density at radius 3 is 3.00 bits per heavy atom. The summed E-state index contributed by atoms with van der Waals surface area (Å²) in [6.07, 6.45) is 4.13. The number of aryl methyl sites for hydroxylation is 1. The predicted octanol–water partition coefficient (Wildman–Crippen LogP) is 3.08. The van der Waals surface area contributed by atoms with Crippen molar-refractivity contribution in [3.63, 3.8) is 0 Å². The number of hydrogen-bond donors (Lipinski definition) is 1. The Balaban J connectivity index is 1.84. The summed E-state index contributed by atoms with van der Waals surface area (Å²) in [5.41, 5.74) is 2.81. The summed E-state index contributed by atoms with van der Waals surface area (Å²) in [6.45, 7) is 0. The van der Waals surface area contributed by atoms with Gasteiger partial charge in [0.05, 0.1) is 0 Å². The van der Waals surface area contributed by atoms with Crippen molar-refractivity contribution < 1.29 is 4.39 Å². The molecule has 0 spiro atoms. The number of hydrogen-bond acceptors (Lipinski definition) is 3. The van der Waals surface area contributed by atoms with Gasteiger partial charge in [0.25, 0.3) is 0 Å². The monoisotopic (exact) mass is 290 g/mol. The number of aromatic nitrogens is 2. The van der Waals surface area contributed by atoms with Crippen molar-refractivity contribution in [2.24, 2.45) is 0 Å². The van der Waals surface area contributed by atoms with Gasteiger partial charge in [-0.15, -0.1) is 11.8 Å². The number of fused-ring (bicyclic) bond motifs is 1. The van der Waals surface area contributed by atoms with Gasteiger partial charge in [-0.1, -0.05) is 12.1 Å². The van der Waals surface area contributed by atoms with E-state index < -0.39 is 0 Å². The Morgan fingerprint density at radius 1 is 1.30 bits per heavy atom. The number of nitrogens with zero attached hydrogens (tertiary/aromatic N) is 1. The number of aromatic amines is 1. The van der Waals surface area contributed by atoms with Crippen molar-refractivity contribution in [1.29, 1.82) is 0 Å². The summed E-state index contributed by atoms with van der Waals surface area (Å²) in [5, 5.41) is 0.799. The SMILES string of the molecule is O=c1nc(SCc2cccc(F)c2)c2c([nH]1)CCCC2. The third-order valence-electron chi connectivity index (χ3n) is 3.45. The average molecular weight is 290 g/mol. The highest BCUT2D eigenvalue weighted by Gasteiger charge is 2.16. The van der Waals surface area contributed by atoms with E-state index in [1.807, 2.05) is 6.07 Å². The Bertz CT molecular complexity index is 684. The minimum atomic E-state index is -0.285. The average Bonchev–Trinajstić information content (AvgIpc) is 2.44. The molecule has 1 aliphatic carbocycles. The van der Waals surface area contributed by atoms with Crippen LogP contribution in [0.2, 0.25) is 0 Å². The Kier molecular flexibility index (Phi) is 3.87. The molecule has 3 nitrogen and oxygen atoms in total. The molecule has 1 aliphatic rings. The summed E-state index contributed by atoms with van der Waals surface area (Å²) in [4.78, 5) is 18.5. The normalized spacial score (nSPS) is 14.1. The van der Waals surface area contributed by atoms with Gasteiger partial charge in [-0.05, 0) is 43.4 Å². The van der Waals surface area contributed by atoms with E-state index in [1.165, 1.54) is 23.9 Å². The van der Waals surface area contributed by atoms with E-state index in [2.05, 4.69) is 9.97 Å². The zero-order chi connectivity index (χ0) is 13.9. The Hall–Kier alpha value is -1.62. The number of nitrogens with one attached hydrogen (secondary N) is 1. The maximum absolute atomic E-state index is 13.2. The first-order valence-electron chi connectivity index (χ1n) is 6.72. The van der Waals surface area contributed by atoms with Gasteiger partial charge in [0, 0.05) is 17.0 Å². The molecule has 0 saturated heterocycles. The zero-order valence-corrected chi connectivity index (χ0v) is 11.8. The summed E-state index contributed by atoms with van der Waals surface area (Å²) < 4.78 is 13.2. The van der Waals surface area contributed by atoms with Crippen molar-refractivity contribution in [2.45, 2.75) is 36.5 Å². The van der Waals surface area contributed by atoms with Crippen molar-refractivity contribution in [1.82, 2.24) is 9.97 Å². The molecule has 20 heavy (non-hydrogen) atoms. The minimum Gasteiger partial charge on any atom is -0.309 e. The van der Waals surface area contributed by atoms with E-state index in [4.69, 9.17) is 0 Å². The molecular weight excluding hydrogens is 275 g/mol. The van der Waals surface area contributed by atoms with Crippen LogP contribution in [0, 0.1) is 5.82 Å². The van der Waals surface area contributed by atoms with E-state index in [9.17, 15) is 9.18 Å². The van der Waals surface area contributed by atoms with Gasteiger partial charge in [0.15, 0.2) is 0 Å². The Labute approximate surface area is 120 Å². The molecule has 0 fully saturated rings. The third kappa shape index (κ3) is 2.93. The highest BCUT2D eigenvalue weighted by atomic mass is 32.2. The van der Waals surface area contributed by atoms with E-state index in [1.54, 1.807) is 6.07 Å². The van der Waals surface area contributed by atoms with E-state index in [0.29, 0.717) is 5.75 Å². The second kappa shape index (κ2) is 5.79. The van der Waals surface area contributed by atoms with Crippen LogP contribution in [0.1, 0.15) is 29.7 Å². The first-order valence-corrected chi connectivity index (χ1v) is 7.70. The molecule has 1 N–H and O–H groups in total. The van der Waals surface area contributed by atoms with Gasteiger partial charge in [-0.2, -0.15) is 4.98 Å². The lowest BCUT2D eigenvalue weighted by molar-refractivity contribution is 0.626. The summed E-state index contributed by atoms with van der Waals surface area (Å²) in [7, 11) is 0. The van der Waals surface area contributed by atoms with Crippen LogP contribution in [-0.4, -0.2) is 9.97 Å². The van der Waals surface area contributed by atoms with Crippen LogP contribution in [0.15, 0.2) is 34.1 Å².